The number of aliphatic hydroxyl groups excluding tert-OH is 1. The molecule has 1 aromatic rings. The van der Waals surface area contributed by atoms with Gasteiger partial charge < -0.3 is 14.6 Å². The standard InChI is InChI=1S/C20H28O4/c1-19(2)8-4-9-20(3)15(6-5-13-7-10-24-12-13)14(18(22)23)11-16(21)17(19)20/h7,10-12,15-17,21H,4-6,8-9H2,1-3H3,(H,22,23)/t15-,16-,17-,20+/m0/s1. The maximum Gasteiger partial charge on any atom is 0.331 e. The minimum Gasteiger partial charge on any atom is -0.478 e. The summed E-state index contributed by atoms with van der Waals surface area (Å²) in [6.45, 7) is 6.62. The smallest absolute Gasteiger partial charge is 0.331 e. The molecule has 0 unspecified atom stereocenters. The van der Waals surface area contributed by atoms with Crippen LogP contribution in [0.5, 0.6) is 0 Å². The molecule has 0 aromatic carbocycles. The van der Waals surface area contributed by atoms with Crippen LogP contribution in [0.2, 0.25) is 0 Å². The van der Waals surface area contributed by atoms with E-state index in [-0.39, 0.29) is 22.7 Å². The number of fused-ring (bicyclic) bond motifs is 1. The van der Waals surface area contributed by atoms with Crippen molar-refractivity contribution in [3.8, 4) is 0 Å². The summed E-state index contributed by atoms with van der Waals surface area (Å²) < 4.78 is 5.14. The van der Waals surface area contributed by atoms with Crippen molar-refractivity contribution in [3.05, 3.63) is 35.8 Å². The quantitative estimate of drug-likeness (QED) is 0.873. The van der Waals surface area contributed by atoms with E-state index in [0.717, 1.165) is 37.7 Å². The normalized spacial score (nSPS) is 35.2. The molecule has 4 atom stereocenters. The third-order valence-corrected chi connectivity index (χ3v) is 6.50. The molecule has 1 fully saturated rings. The zero-order valence-corrected chi connectivity index (χ0v) is 14.8. The largest absolute Gasteiger partial charge is 0.478 e. The van der Waals surface area contributed by atoms with Crippen molar-refractivity contribution in [3.63, 3.8) is 0 Å². The summed E-state index contributed by atoms with van der Waals surface area (Å²) in [5.41, 5.74) is 1.32. The molecule has 1 aromatic heterocycles. The Kier molecular flexibility index (Phi) is 4.37. The van der Waals surface area contributed by atoms with E-state index < -0.39 is 12.1 Å². The molecule has 4 nitrogen and oxygen atoms in total. The summed E-state index contributed by atoms with van der Waals surface area (Å²) in [5, 5.41) is 20.5. The maximum absolute atomic E-state index is 11.9. The predicted octanol–water partition coefficient (Wildman–Crippen LogP) is 4.05. The average Bonchev–Trinajstić information content (AvgIpc) is 2.97. The van der Waals surface area contributed by atoms with Crippen LogP contribution in [0.3, 0.4) is 0 Å². The van der Waals surface area contributed by atoms with Crippen LogP contribution < -0.4 is 0 Å². The first-order valence-electron chi connectivity index (χ1n) is 8.90. The summed E-state index contributed by atoms with van der Waals surface area (Å²) in [7, 11) is 0. The van der Waals surface area contributed by atoms with E-state index in [2.05, 4.69) is 20.8 Å². The van der Waals surface area contributed by atoms with E-state index in [4.69, 9.17) is 4.42 Å². The minimum absolute atomic E-state index is 0.0147. The fourth-order valence-corrected chi connectivity index (χ4v) is 5.57. The van der Waals surface area contributed by atoms with Crippen LogP contribution in [0.4, 0.5) is 0 Å². The zero-order chi connectivity index (χ0) is 17.5. The third kappa shape index (κ3) is 2.81. The lowest BCUT2D eigenvalue weighted by atomic mass is 9.47. The zero-order valence-electron chi connectivity index (χ0n) is 14.8. The van der Waals surface area contributed by atoms with Crippen LogP contribution in [0.25, 0.3) is 0 Å². The Hall–Kier alpha value is -1.55. The van der Waals surface area contributed by atoms with Crippen LogP contribution >= 0.6 is 0 Å². The van der Waals surface area contributed by atoms with Crippen LogP contribution in [-0.2, 0) is 11.2 Å². The van der Waals surface area contributed by atoms with Gasteiger partial charge >= 0.3 is 5.97 Å². The van der Waals surface area contributed by atoms with Crippen LogP contribution in [0.15, 0.2) is 34.7 Å². The number of carbonyl (C=O) groups is 1. The van der Waals surface area contributed by atoms with Gasteiger partial charge in [-0.05, 0) is 66.1 Å². The van der Waals surface area contributed by atoms with E-state index in [9.17, 15) is 15.0 Å². The number of rotatable bonds is 4. The van der Waals surface area contributed by atoms with Gasteiger partial charge in [-0.15, -0.1) is 0 Å². The molecular formula is C20H28O4. The lowest BCUT2D eigenvalue weighted by Crippen LogP contribution is -2.55. The first kappa shape index (κ1) is 17.3. The molecule has 2 N–H and O–H groups in total. The molecule has 132 valence electrons. The van der Waals surface area contributed by atoms with Crippen molar-refractivity contribution < 1.29 is 19.4 Å². The summed E-state index contributed by atoms with van der Waals surface area (Å²) in [4.78, 5) is 11.9. The maximum atomic E-state index is 11.9. The van der Waals surface area contributed by atoms with E-state index >= 15 is 0 Å². The van der Waals surface area contributed by atoms with Gasteiger partial charge in [0.15, 0.2) is 0 Å². The van der Waals surface area contributed by atoms with Gasteiger partial charge in [-0.25, -0.2) is 4.79 Å². The minimum atomic E-state index is -0.894. The van der Waals surface area contributed by atoms with E-state index in [0.29, 0.717) is 5.57 Å². The Balaban J connectivity index is 1.97. The molecule has 0 radical (unpaired) electrons. The summed E-state index contributed by atoms with van der Waals surface area (Å²) >= 11 is 0. The molecular weight excluding hydrogens is 304 g/mol. The molecule has 3 rings (SSSR count). The van der Waals surface area contributed by atoms with E-state index in [1.807, 2.05) is 6.07 Å². The van der Waals surface area contributed by atoms with Crippen molar-refractivity contribution in [1.29, 1.82) is 0 Å². The number of aliphatic hydroxyl groups is 1. The molecule has 0 bridgehead atoms. The van der Waals surface area contributed by atoms with Crippen LogP contribution in [0, 0.1) is 22.7 Å². The Labute approximate surface area is 143 Å². The van der Waals surface area contributed by atoms with Gasteiger partial charge in [0, 0.05) is 5.57 Å². The van der Waals surface area contributed by atoms with Gasteiger partial charge in [-0.3, -0.25) is 0 Å². The van der Waals surface area contributed by atoms with E-state index in [1.165, 1.54) is 0 Å². The number of carboxylic acids is 1. The SMILES string of the molecule is CC1(C)CCC[C@]2(C)[C@@H](CCc3ccoc3)C(C(=O)O)=C[C@H](O)[C@@H]12. The van der Waals surface area contributed by atoms with Gasteiger partial charge in [-0.1, -0.05) is 27.2 Å². The summed E-state index contributed by atoms with van der Waals surface area (Å²) in [6, 6.07) is 1.94. The highest BCUT2D eigenvalue weighted by Crippen LogP contribution is 2.60. The molecule has 0 saturated heterocycles. The number of aliphatic carboxylic acids is 1. The average molecular weight is 332 g/mol. The molecule has 0 aliphatic heterocycles. The lowest BCUT2D eigenvalue weighted by Gasteiger charge is -2.58. The fraction of sp³-hybridized carbons (Fsp3) is 0.650. The van der Waals surface area contributed by atoms with Crippen LogP contribution in [-0.4, -0.2) is 22.3 Å². The van der Waals surface area contributed by atoms with Gasteiger partial charge in [0.2, 0.25) is 0 Å². The highest BCUT2D eigenvalue weighted by Gasteiger charge is 2.56. The third-order valence-electron chi connectivity index (χ3n) is 6.50. The number of hydrogen-bond acceptors (Lipinski definition) is 3. The molecule has 4 heteroatoms. The number of carboxylic acid groups (broad SMARTS) is 1. The van der Waals surface area contributed by atoms with Gasteiger partial charge in [-0.2, -0.15) is 0 Å². The topological polar surface area (TPSA) is 70.7 Å². The van der Waals surface area contributed by atoms with Crippen molar-refractivity contribution in [2.24, 2.45) is 22.7 Å². The van der Waals surface area contributed by atoms with Gasteiger partial charge in [0.1, 0.15) is 0 Å². The molecule has 0 amide bonds. The summed E-state index contributed by atoms with van der Waals surface area (Å²) in [5.74, 6) is -0.844. The Morgan fingerprint density at radius 2 is 2.08 bits per heavy atom. The van der Waals surface area contributed by atoms with Crippen LogP contribution in [0.1, 0.15) is 52.0 Å². The molecule has 0 spiro atoms. The van der Waals surface area contributed by atoms with E-state index in [1.54, 1.807) is 18.6 Å². The first-order chi connectivity index (χ1) is 11.3. The fourth-order valence-electron chi connectivity index (χ4n) is 5.57. The molecule has 2 aliphatic rings. The van der Waals surface area contributed by atoms with Crippen molar-refractivity contribution >= 4 is 5.97 Å². The van der Waals surface area contributed by atoms with Gasteiger partial charge in [0.05, 0.1) is 18.6 Å². The number of furan rings is 1. The highest BCUT2D eigenvalue weighted by molar-refractivity contribution is 5.87. The summed E-state index contributed by atoms with van der Waals surface area (Å²) in [6.07, 6.45) is 9.02. The van der Waals surface area contributed by atoms with Crippen molar-refractivity contribution in [2.45, 2.75) is 59.0 Å². The second-order valence-electron chi connectivity index (χ2n) is 8.47. The van der Waals surface area contributed by atoms with Gasteiger partial charge in [0.25, 0.3) is 0 Å². The monoisotopic (exact) mass is 332 g/mol. The Morgan fingerprint density at radius 1 is 1.33 bits per heavy atom. The molecule has 1 heterocycles. The molecule has 1 saturated carbocycles. The molecule has 24 heavy (non-hydrogen) atoms. The Bertz CT molecular complexity index is 628. The number of hydrogen-bond donors (Lipinski definition) is 2. The second-order valence-corrected chi connectivity index (χ2v) is 8.47. The predicted molar refractivity (Wildman–Crippen MR) is 91.5 cm³/mol. The lowest BCUT2D eigenvalue weighted by molar-refractivity contribution is -0.139. The highest BCUT2D eigenvalue weighted by atomic mass is 16.4. The second kappa shape index (κ2) is 6.07. The Morgan fingerprint density at radius 3 is 2.71 bits per heavy atom. The molecule has 2 aliphatic carbocycles. The van der Waals surface area contributed by atoms with Crippen molar-refractivity contribution in [2.75, 3.05) is 0 Å². The first-order valence-corrected chi connectivity index (χ1v) is 8.90. The van der Waals surface area contributed by atoms with Crippen molar-refractivity contribution in [1.82, 2.24) is 0 Å². The number of aryl methyl sites for hydroxylation is 1.